The van der Waals surface area contributed by atoms with Gasteiger partial charge in [0, 0.05) is 35.5 Å². The summed E-state index contributed by atoms with van der Waals surface area (Å²) in [4.78, 5) is 4.60. The average molecular weight is 465 g/mol. The van der Waals surface area contributed by atoms with E-state index in [-0.39, 0.29) is 0 Å². The molecule has 1 saturated carbocycles. The van der Waals surface area contributed by atoms with E-state index in [1.54, 1.807) is 0 Å². The van der Waals surface area contributed by atoms with Crippen molar-refractivity contribution in [2.24, 2.45) is 5.92 Å². The highest BCUT2D eigenvalue weighted by Crippen LogP contribution is 2.53. The van der Waals surface area contributed by atoms with Crippen molar-refractivity contribution in [2.75, 3.05) is 16.8 Å². The summed E-state index contributed by atoms with van der Waals surface area (Å²) < 4.78 is 0. The largest absolute Gasteiger partial charge is 0.345 e. The predicted molar refractivity (Wildman–Crippen MR) is 153 cm³/mol. The third kappa shape index (κ3) is 3.67. The van der Waals surface area contributed by atoms with Gasteiger partial charge in [-0.05, 0) is 101 Å². The molecule has 2 atom stereocenters. The summed E-state index contributed by atoms with van der Waals surface area (Å²) in [5, 5.41) is 2.49. The lowest BCUT2D eigenvalue weighted by atomic mass is 9.96. The van der Waals surface area contributed by atoms with Crippen LogP contribution in [0.5, 0.6) is 0 Å². The average Bonchev–Trinajstić information content (AvgIpc) is 3.74. The van der Waals surface area contributed by atoms with E-state index in [9.17, 15) is 0 Å². The zero-order valence-corrected chi connectivity index (χ0v) is 20.4. The molecule has 2 aliphatic rings. The molecule has 0 saturated heterocycles. The number of rotatable bonds is 5. The molecule has 0 heterocycles. The highest BCUT2D eigenvalue weighted by Gasteiger charge is 2.39. The third-order valence-corrected chi connectivity index (χ3v) is 7.72. The van der Waals surface area contributed by atoms with E-state index in [0.717, 1.165) is 28.9 Å². The fraction of sp³-hybridized carbons (Fsp3) is 0.118. The molecule has 0 spiro atoms. The lowest BCUT2D eigenvalue weighted by Crippen LogP contribution is -2.12. The summed E-state index contributed by atoms with van der Waals surface area (Å²) in [7, 11) is 2.15. The zero-order chi connectivity index (χ0) is 24.1. The number of hydrogen-bond donors (Lipinski definition) is 0. The van der Waals surface area contributed by atoms with Gasteiger partial charge in [0.1, 0.15) is 0 Å². The summed E-state index contributed by atoms with van der Waals surface area (Å²) in [5.74, 6) is 1.53. The number of para-hydroxylation sites is 1. The van der Waals surface area contributed by atoms with Gasteiger partial charge in [0.15, 0.2) is 0 Å². The fourth-order valence-electron chi connectivity index (χ4n) is 5.58. The summed E-state index contributed by atoms with van der Waals surface area (Å²) in [5.41, 5.74) is 8.73. The Morgan fingerprint density at radius 2 is 1.25 bits per heavy atom. The van der Waals surface area contributed by atoms with Crippen molar-refractivity contribution < 1.29 is 0 Å². The van der Waals surface area contributed by atoms with Crippen LogP contribution in [0.15, 0.2) is 121 Å². The van der Waals surface area contributed by atoms with Crippen LogP contribution in [0.1, 0.15) is 23.5 Å². The van der Waals surface area contributed by atoms with Crippen molar-refractivity contribution in [1.82, 2.24) is 0 Å². The minimum Gasteiger partial charge on any atom is -0.345 e. The Hall–Kier alpha value is -4.30. The molecule has 0 aromatic heterocycles. The van der Waals surface area contributed by atoms with Gasteiger partial charge in [-0.15, -0.1) is 0 Å². The standard InChI is InChI=1S/C34H28N2/c1-35(31-19-20-33-26(22-31)11-12-27-23-34(27)33)28-15-17-30(18-16-28)36(29-9-3-2-4-10-29)32-14-13-24-7-5-6-8-25(24)21-32/h2-22,27,34H,23H2,1H3. The van der Waals surface area contributed by atoms with Gasteiger partial charge in [-0.2, -0.15) is 0 Å². The molecule has 2 heteroatoms. The van der Waals surface area contributed by atoms with Crippen molar-refractivity contribution in [3.8, 4) is 0 Å². The number of anilines is 5. The molecule has 1 fully saturated rings. The summed E-state index contributed by atoms with van der Waals surface area (Å²) in [6.45, 7) is 0. The Bertz CT molecular complexity index is 1580. The maximum absolute atomic E-state index is 2.39. The topological polar surface area (TPSA) is 6.48 Å². The second kappa shape index (κ2) is 8.42. The van der Waals surface area contributed by atoms with Crippen molar-refractivity contribution in [1.29, 1.82) is 0 Å². The van der Waals surface area contributed by atoms with Crippen LogP contribution >= 0.6 is 0 Å². The van der Waals surface area contributed by atoms with Gasteiger partial charge in [0.2, 0.25) is 0 Å². The van der Waals surface area contributed by atoms with Crippen LogP contribution < -0.4 is 9.80 Å². The Morgan fingerprint density at radius 1 is 0.583 bits per heavy atom. The third-order valence-electron chi connectivity index (χ3n) is 7.72. The van der Waals surface area contributed by atoms with E-state index in [0.29, 0.717) is 0 Å². The van der Waals surface area contributed by atoms with Crippen LogP contribution in [0, 0.1) is 5.92 Å². The molecule has 5 aromatic carbocycles. The molecule has 36 heavy (non-hydrogen) atoms. The normalized spacial score (nSPS) is 17.4. The molecule has 7 rings (SSSR count). The molecule has 174 valence electrons. The van der Waals surface area contributed by atoms with Crippen LogP contribution in [0.2, 0.25) is 0 Å². The molecule has 2 nitrogen and oxygen atoms in total. The molecule has 0 bridgehead atoms. The molecule has 0 amide bonds. The molecule has 0 radical (unpaired) electrons. The second-order valence-electron chi connectivity index (χ2n) is 9.96. The Balaban J connectivity index is 1.23. The molecule has 0 aliphatic heterocycles. The Kier molecular flexibility index (Phi) is 4.92. The van der Waals surface area contributed by atoms with E-state index in [4.69, 9.17) is 0 Å². The number of fused-ring (bicyclic) bond motifs is 4. The molecule has 5 aromatic rings. The molecule has 2 aliphatic carbocycles. The van der Waals surface area contributed by atoms with Gasteiger partial charge in [0.05, 0.1) is 0 Å². The van der Waals surface area contributed by atoms with Crippen molar-refractivity contribution in [3.63, 3.8) is 0 Å². The van der Waals surface area contributed by atoms with Crippen LogP contribution in [-0.4, -0.2) is 7.05 Å². The van der Waals surface area contributed by atoms with E-state index >= 15 is 0 Å². The lowest BCUT2D eigenvalue weighted by Gasteiger charge is -2.27. The van der Waals surface area contributed by atoms with Gasteiger partial charge in [-0.3, -0.25) is 0 Å². The monoisotopic (exact) mass is 464 g/mol. The first-order chi connectivity index (χ1) is 17.7. The smallest absolute Gasteiger partial charge is 0.0468 e. The maximum atomic E-state index is 2.39. The van der Waals surface area contributed by atoms with Crippen LogP contribution in [0.25, 0.3) is 16.8 Å². The van der Waals surface area contributed by atoms with E-state index < -0.39 is 0 Å². The summed E-state index contributed by atoms with van der Waals surface area (Å²) in [6, 6.07) is 41.6. The van der Waals surface area contributed by atoms with Crippen LogP contribution in [-0.2, 0) is 0 Å². The van der Waals surface area contributed by atoms with Gasteiger partial charge in [-0.1, -0.05) is 66.7 Å². The Labute approximate surface area is 212 Å². The molecular formula is C34H28N2. The Morgan fingerprint density at radius 3 is 2.08 bits per heavy atom. The second-order valence-corrected chi connectivity index (χ2v) is 9.96. The van der Waals surface area contributed by atoms with Gasteiger partial charge in [0.25, 0.3) is 0 Å². The first-order valence-electron chi connectivity index (χ1n) is 12.7. The minimum atomic E-state index is 0.753. The quantitative estimate of drug-likeness (QED) is 0.256. The minimum absolute atomic E-state index is 0.753. The lowest BCUT2D eigenvalue weighted by molar-refractivity contribution is 0.994. The van der Waals surface area contributed by atoms with Crippen molar-refractivity contribution in [3.05, 3.63) is 132 Å². The highest BCUT2D eigenvalue weighted by atomic mass is 15.1. The van der Waals surface area contributed by atoms with E-state index in [1.807, 2.05) is 0 Å². The van der Waals surface area contributed by atoms with Gasteiger partial charge in [-0.25, -0.2) is 0 Å². The SMILES string of the molecule is CN(c1ccc(N(c2ccccc2)c2ccc3ccccc3c2)cc1)c1ccc2c(c1)C=CC1CC21. The number of nitrogens with zero attached hydrogens (tertiary/aromatic N) is 2. The van der Waals surface area contributed by atoms with E-state index in [1.165, 1.54) is 39.7 Å². The van der Waals surface area contributed by atoms with Crippen LogP contribution in [0.4, 0.5) is 28.4 Å². The number of hydrogen-bond acceptors (Lipinski definition) is 2. The number of benzene rings is 5. The predicted octanol–water partition coefficient (Wildman–Crippen LogP) is 9.21. The van der Waals surface area contributed by atoms with Crippen LogP contribution in [0.3, 0.4) is 0 Å². The van der Waals surface area contributed by atoms with Crippen molar-refractivity contribution >= 4 is 45.3 Å². The van der Waals surface area contributed by atoms with Crippen molar-refractivity contribution in [2.45, 2.75) is 12.3 Å². The molecule has 0 N–H and O–H groups in total. The maximum Gasteiger partial charge on any atom is 0.0468 e. The van der Waals surface area contributed by atoms with Gasteiger partial charge >= 0.3 is 0 Å². The van der Waals surface area contributed by atoms with Gasteiger partial charge < -0.3 is 9.80 Å². The summed E-state index contributed by atoms with van der Waals surface area (Å²) in [6.07, 6.45) is 6.01. The molecular weight excluding hydrogens is 436 g/mol. The number of allylic oxidation sites excluding steroid dienone is 1. The molecule has 2 unspecified atom stereocenters. The zero-order valence-electron chi connectivity index (χ0n) is 20.4. The first-order valence-corrected chi connectivity index (χ1v) is 12.7. The highest BCUT2D eigenvalue weighted by molar-refractivity contribution is 5.89. The summed E-state index contributed by atoms with van der Waals surface area (Å²) >= 11 is 0. The van der Waals surface area contributed by atoms with E-state index in [2.05, 4.69) is 144 Å². The first kappa shape index (κ1) is 21.0. The fourth-order valence-corrected chi connectivity index (χ4v) is 5.58.